The number of halogens is 2. The Labute approximate surface area is 97.9 Å². The number of nitrogens with one attached hydrogen (secondary N) is 1. The van der Waals surface area contributed by atoms with E-state index in [0.29, 0.717) is 0 Å². The molecule has 0 aliphatic rings. The summed E-state index contributed by atoms with van der Waals surface area (Å²) in [6.07, 6.45) is 2.05. The van der Waals surface area contributed by atoms with E-state index < -0.39 is 0 Å². The fourth-order valence-corrected chi connectivity index (χ4v) is 2.05. The van der Waals surface area contributed by atoms with Crippen molar-refractivity contribution >= 4 is 27.5 Å². The molecule has 0 bridgehead atoms. The van der Waals surface area contributed by atoms with Gasteiger partial charge in [-0.15, -0.1) is 0 Å². The predicted octanol–water partition coefficient (Wildman–Crippen LogP) is 3.41. The standard InChI is InChI=1S/C10H14BrClN2/c1-2-4-9(14-13)7-5-3-6-8(11)10(7)12/h3,5-6,9,14H,2,4,13H2,1H3. The second-order valence-electron chi connectivity index (χ2n) is 3.15. The van der Waals surface area contributed by atoms with E-state index >= 15 is 0 Å². The SMILES string of the molecule is CCCC(NN)c1cccc(Br)c1Cl. The Kier molecular flexibility index (Phi) is 4.89. The second kappa shape index (κ2) is 5.71. The van der Waals surface area contributed by atoms with Crippen LogP contribution in [0.15, 0.2) is 22.7 Å². The van der Waals surface area contributed by atoms with E-state index in [1.165, 1.54) is 0 Å². The van der Waals surface area contributed by atoms with Crippen LogP contribution in [-0.2, 0) is 0 Å². The smallest absolute Gasteiger partial charge is 0.0596 e. The van der Waals surface area contributed by atoms with Gasteiger partial charge in [-0.2, -0.15) is 0 Å². The van der Waals surface area contributed by atoms with Crippen LogP contribution in [0.25, 0.3) is 0 Å². The van der Waals surface area contributed by atoms with Crippen molar-refractivity contribution in [3.05, 3.63) is 33.3 Å². The van der Waals surface area contributed by atoms with Crippen LogP contribution in [0.5, 0.6) is 0 Å². The molecule has 0 radical (unpaired) electrons. The Balaban J connectivity index is 2.97. The zero-order valence-electron chi connectivity index (χ0n) is 8.06. The number of nitrogens with two attached hydrogens (primary N) is 1. The molecule has 0 saturated carbocycles. The van der Waals surface area contributed by atoms with Gasteiger partial charge >= 0.3 is 0 Å². The van der Waals surface area contributed by atoms with Gasteiger partial charge in [0.15, 0.2) is 0 Å². The lowest BCUT2D eigenvalue weighted by atomic mass is 10.0. The fraction of sp³-hybridized carbons (Fsp3) is 0.400. The van der Waals surface area contributed by atoms with Gasteiger partial charge in [0.1, 0.15) is 0 Å². The molecule has 1 rings (SSSR count). The Bertz CT molecular complexity index is 304. The summed E-state index contributed by atoms with van der Waals surface area (Å²) in [5, 5.41) is 0.740. The van der Waals surface area contributed by atoms with Crippen molar-refractivity contribution in [3.63, 3.8) is 0 Å². The largest absolute Gasteiger partial charge is 0.271 e. The molecule has 4 heteroatoms. The van der Waals surface area contributed by atoms with Gasteiger partial charge in [0.05, 0.1) is 5.02 Å². The average Bonchev–Trinajstić information content (AvgIpc) is 2.19. The average molecular weight is 278 g/mol. The van der Waals surface area contributed by atoms with Gasteiger partial charge < -0.3 is 0 Å². The summed E-state index contributed by atoms with van der Waals surface area (Å²) in [5.74, 6) is 5.49. The molecule has 1 aromatic rings. The fourth-order valence-electron chi connectivity index (χ4n) is 1.41. The molecule has 1 aromatic carbocycles. The molecule has 14 heavy (non-hydrogen) atoms. The molecule has 1 atom stereocenters. The van der Waals surface area contributed by atoms with Crippen molar-refractivity contribution in [1.82, 2.24) is 5.43 Å². The second-order valence-corrected chi connectivity index (χ2v) is 4.38. The Morgan fingerprint density at radius 3 is 2.86 bits per heavy atom. The van der Waals surface area contributed by atoms with E-state index in [2.05, 4.69) is 28.3 Å². The predicted molar refractivity (Wildman–Crippen MR) is 64.1 cm³/mol. The van der Waals surface area contributed by atoms with Gasteiger partial charge in [-0.1, -0.05) is 37.1 Å². The molecule has 0 saturated heterocycles. The zero-order chi connectivity index (χ0) is 10.6. The highest BCUT2D eigenvalue weighted by Gasteiger charge is 2.13. The topological polar surface area (TPSA) is 38.0 Å². The van der Waals surface area contributed by atoms with Crippen LogP contribution < -0.4 is 11.3 Å². The maximum absolute atomic E-state index is 6.16. The Morgan fingerprint density at radius 2 is 2.29 bits per heavy atom. The third-order valence-corrected chi connectivity index (χ3v) is 3.45. The van der Waals surface area contributed by atoms with E-state index in [1.807, 2.05) is 18.2 Å². The molecule has 3 N–H and O–H groups in total. The Hall–Kier alpha value is -0.0900. The van der Waals surface area contributed by atoms with Crippen molar-refractivity contribution in [2.24, 2.45) is 5.84 Å². The van der Waals surface area contributed by atoms with Crippen LogP contribution in [-0.4, -0.2) is 0 Å². The summed E-state index contributed by atoms with van der Waals surface area (Å²) in [7, 11) is 0. The highest BCUT2D eigenvalue weighted by molar-refractivity contribution is 9.10. The summed E-state index contributed by atoms with van der Waals surface area (Å²) < 4.78 is 0.910. The van der Waals surface area contributed by atoms with Crippen molar-refractivity contribution in [1.29, 1.82) is 0 Å². The van der Waals surface area contributed by atoms with Gasteiger partial charge in [-0.25, -0.2) is 0 Å². The number of hydrazine groups is 1. The lowest BCUT2D eigenvalue weighted by Gasteiger charge is -2.17. The lowest BCUT2D eigenvalue weighted by Crippen LogP contribution is -2.28. The molecule has 0 aromatic heterocycles. The van der Waals surface area contributed by atoms with E-state index in [1.54, 1.807) is 0 Å². The van der Waals surface area contributed by atoms with E-state index in [4.69, 9.17) is 17.4 Å². The lowest BCUT2D eigenvalue weighted by molar-refractivity contribution is 0.510. The number of rotatable bonds is 4. The summed E-state index contributed by atoms with van der Waals surface area (Å²) in [5.41, 5.74) is 3.83. The van der Waals surface area contributed by atoms with Crippen molar-refractivity contribution in [3.8, 4) is 0 Å². The van der Waals surface area contributed by atoms with Gasteiger partial charge in [0.25, 0.3) is 0 Å². The number of hydrogen-bond acceptors (Lipinski definition) is 2. The first-order chi connectivity index (χ1) is 6.70. The minimum Gasteiger partial charge on any atom is -0.271 e. The summed E-state index contributed by atoms with van der Waals surface area (Å²) in [6.45, 7) is 2.12. The van der Waals surface area contributed by atoms with E-state index in [0.717, 1.165) is 27.9 Å². The van der Waals surface area contributed by atoms with Crippen molar-refractivity contribution in [2.45, 2.75) is 25.8 Å². The van der Waals surface area contributed by atoms with E-state index in [9.17, 15) is 0 Å². The van der Waals surface area contributed by atoms with Gasteiger partial charge in [-0.05, 0) is 34.0 Å². The summed E-state index contributed by atoms with van der Waals surface area (Å²) in [6, 6.07) is 6.01. The van der Waals surface area contributed by atoms with Gasteiger partial charge in [0.2, 0.25) is 0 Å². The first-order valence-electron chi connectivity index (χ1n) is 4.60. The Morgan fingerprint density at radius 1 is 1.57 bits per heavy atom. The van der Waals surface area contributed by atoms with Gasteiger partial charge in [-0.3, -0.25) is 11.3 Å². The molecular weight excluding hydrogens is 263 g/mol. The van der Waals surface area contributed by atoms with Crippen LogP contribution in [0.3, 0.4) is 0 Å². The summed E-state index contributed by atoms with van der Waals surface area (Å²) in [4.78, 5) is 0. The molecule has 0 aliphatic heterocycles. The molecule has 0 spiro atoms. The van der Waals surface area contributed by atoms with Gasteiger partial charge in [0, 0.05) is 10.5 Å². The van der Waals surface area contributed by atoms with Crippen molar-refractivity contribution < 1.29 is 0 Å². The third kappa shape index (κ3) is 2.70. The number of benzene rings is 1. The van der Waals surface area contributed by atoms with Crippen LogP contribution in [0.4, 0.5) is 0 Å². The maximum atomic E-state index is 6.16. The first kappa shape index (κ1) is 12.0. The van der Waals surface area contributed by atoms with Crippen molar-refractivity contribution in [2.75, 3.05) is 0 Å². The highest BCUT2D eigenvalue weighted by atomic mass is 79.9. The first-order valence-corrected chi connectivity index (χ1v) is 5.77. The maximum Gasteiger partial charge on any atom is 0.0596 e. The monoisotopic (exact) mass is 276 g/mol. The zero-order valence-corrected chi connectivity index (χ0v) is 10.4. The molecule has 0 fully saturated rings. The molecule has 1 unspecified atom stereocenters. The minimum absolute atomic E-state index is 0.130. The van der Waals surface area contributed by atoms with Crippen LogP contribution in [0.1, 0.15) is 31.4 Å². The quantitative estimate of drug-likeness (QED) is 0.654. The molecule has 78 valence electrons. The van der Waals surface area contributed by atoms with Crippen LogP contribution in [0, 0.1) is 0 Å². The minimum atomic E-state index is 0.130. The molecule has 2 nitrogen and oxygen atoms in total. The van der Waals surface area contributed by atoms with Crippen LogP contribution in [0.2, 0.25) is 5.02 Å². The molecular formula is C10H14BrClN2. The summed E-state index contributed by atoms with van der Waals surface area (Å²) >= 11 is 9.55. The number of hydrogen-bond donors (Lipinski definition) is 2. The van der Waals surface area contributed by atoms with E-state index in [-0.39, 0.29) is 6.04 Å². The normalized spacial score (nSPS) is 12.9. The van der Waals surface area contributed by atoms with Crippen LogP contribution >= 0.6 is 27.5 Å². The molecule has 0 amide bonds. The molecule has 0 aliphatic carbocycles. The molecule has 0 heterocycles. The highest BCUT2D eigenvalue weighted by Crippen LogP contribution is 2.31. The third-order valence-electron chi connectivity index (χ3n) is 2.14.